The molecule has 0 spiro atoms. The van der Waals surface area contributed by atoms with Crippen LogP contribution in [0.25, 0.3) is 0 Å². The first-order valence-electron chi connectivity index (χ1n) is 5.72. The van der Waals surface area contributed by atoms with Gasteiger partial charge in [-0.3, -0.25) is 4.79 Å². The third-order valence-electron chi connectivity index (χ3n) is 3.55. The third kappa shape index (κ3) is 2.08. The Hall–Kier alpha value is -0.570. The molecule has 0 aromatic heterocycles. The highest BCUT2D eigenvalue weighted by Gasteiger charge is 2.35. The lowest BCUT2D eigenvalue weighted by molar-refractivity contribution is -0.128. The largest absolute Gasteiger partial charge is 0.351 e. The molecule has 2 N–H and O–H groups in total. The second-order valence-electron chi connectivity index (χ2n) is 4.95. The minimum atomic E-state index is 0.120. The average molecular weight is 196 g/mol. The van der Waals surface area contributed by atoms with Crippen molar-refractivity contribution in [3.8, 4) is 0 Å². The van der Waals surface area contributed by atoms with Crippen LogP contribution in [0.15, 0.2) is 0 Å². The molecule has 0 aromatic rings. The number of hydrogen-bond donors (Lipinski definition) is 2. The highest BCUT2D eigenvalue weighted by atomic mass is 16.2. The van der Waals surface area contributed by atoms with Crippen molar-refractivity contribution in [1.82, 2.24) is 10.6 Å². The molecule has 0 bridgehead atoms. The zero-order chi connectivity index (χ0) is 10.0. The van der Waals surface area contributed by atoms with Gasteiger partial charge in [0.2, 0.25) is 5.91 Å². The lowest BCUT2D eigenvalue weighted by atomic mass is 9.78. The lowest BCUT2D eigenvalue weighted by Gasteiger charge is -2.40. The van der Waals surface area contributed by atoms with E-state index >= 15 is 0 Å². The maximum Gasteiger partial charge on any atom is 0.224 e. The van der Waals surface area contributed by atoms with Gasteiger partial charge in [0.25, 0.3) is 0 Å². The number of rotatable bonds is 2. The second kappa shape index (κ2) is 3.89. The van der Waals surface area contributed by atoms with E-state index in [2.05, 4.69) is 17.6 Å². The molecule has 1 aliphatic carbocycles. The molecule has 1 aliphatic heterocycles. The van der Waals surface area contributed by atoms with Crippen LogP contribution in [0.5, 0.6) is 0 Å². The van der Waals surface area contributed by atoms with Crippen molar-refractivity contribution in [2.45, 2.75) is 44.6 Å². The Bertz CT molecular complexity index is 217. The van der Waals surface area contributed by atoms with Crippen LogP contribution >= 0.6 is 0 Å². The molecule has 1 saturated heterocycles. The molecule has 1 heterocycles. The van der Waals surface area contributed by atoms with E-state index in [9.17, 15) is 4.79 Å². The Morgan fingerprint density at radius 2 is 2.21 bits per heavy atom. The van der Waals surface area contributed by atoms with E-state index in [1.165, 1.54) is 6.42 Å². The molecule has 3 heteroatoms. The van der Waals surface area contributed by atoms with Crippen molar-refractivity contribution in [2.24, 2.45) is 5.92 Å². The number of amides is 1. The summed E-state index contributed by atoms with van der Waals surface area (Å²) in [6, 6.07) is 0. The van der Waals surface area contributed by atoms with Gasteiger partial charge in [0.15, 0.2) is 0 Å². The average Bonchev–Trinajstić information content (AvgIpc) is 2.17. The first-order valence-corrected chi connectivity index (χ1v) is 5.72. The maximum atomic E-state index is 11.9. The summed E-state index contributed by atoms with van der Waals surface area (Å²) in [5.74, 6) is 0.473. The highest BCUT2D eigenvalue weighted by molar-refractivity contribution is 5.79. The van der Waals surface area contributed by atoms with Crippen LogP contribution in [-0.2, 0) is 4.79 Å². The maximum absolute atomic E-state index is 11.9. The number of carbonyl (C=O) groups is 1. The van der Waals surface area contributed by atoms with Crippen molar-refractivity contribution in [3.05, 3.63) is 0 Å². The van der Waals surface area contributed by atoms with E-state index in [4.69, 9.17) is 0 Å². The zero-order valence-electron chi connectivity index (χ0n) is 8.94. The van der Waals surface area contributed by atoms with Gasteiger partial charge in [-0.15, -0.1) is 0 Å². The standard InChI is InChI=1S/C11H20N2O/c1-11(5-3-6-11)13-10(14)9-4-2-7-12-8-9/h9,12H,2-8H2,1H3,(H,13,14)/t9-/m1/s1. The highest BCUT2D eigenvalue weighted by Crippen LogP contribution is 2.31. The smallest absolute Gasteiger partial charge is 0.224 e. The predicted octanol–water partition coefficient (Wildman–Crippen LogP) is 1.04. The van der Waals surface area contributed by atoms with Crippen LogP contribution in [0.2, 0.25) is 0 Å². The van der Waals surface area contributed by atoms with Gasteiger partial charge in [0, 0.05) is 12.1 Å². The summed E-state index contributed by atoms with van der Waals surface area (Å²) in [6.07, 6.45) is 5.75. The Labute approximate surface area is 85.6 Å². The molecular weight excluding hydrogens is 176 g/mol. The van der Waals surface area contributed by atoms with Crippen molar-refractivity contribution >= 4 is 5.91 Å². The molecule has 14 heavy (non-hydrogen) atoms. The van der Waals surface area contributed by atoms with Crippen LogP contribution in [-0.4, -0.2) is 24.5 Å². The van der Waals surface area contributed by atoms with Gasteiger partial charge in [-0.05, 0) is 45.6 Å². The van der Waals surface area contributed by atoms with Crippen LogP contribution in [0.4, 0.5) is 0 Å². The quantitative estimate of drug-likeness (QED) is 0.693. The molecule has 0 radical (unpaired) electrons. The van der Waals surface area contributed by atoms with Gasteiger partial charge in [-0.1, -0.05) is 0 Å². The molecule has 1 atom stereocenters. The van der Waals surface area contributed by atoms with E-state index in [1.54, 1.807) is 0 Å². The van der Waals surface area contributed by atoms with Gasteiger partial charge in [-0.25, -0.2) is 0 Å². The summed E-state index contributed by atoms with van der Waals surface area (Å²) >= 11 is 0. The summed E-state index contributed by atoms with van der Waals surface area (Å²) in [7, 11) is 0. The minimum Gasteiger partial charge on any atom is -0.351 e. The molecule has 2 rings (SSSR count). The van der Waals surface area contributed by atoms with Crippen LogP contribution in [0.3, 0.4) is 0 Å². The SMILES string of the molecule is CC1(NC(=O)[C@@H]2CCCNC2)CCC1. The molecule has 1 saturated carbocycles. The molecule has 2 fully saturated rings. The van der Waals surface area contributed by atoms with E-state index in [1.807, 2.05) is 0 Å². The van der Waals surface area contributed by atoms with Crippen molar-refractivity contribution < 1.29 is 4.79 Å². The number of carbonyl (C=O) groups excluding carboxylic acids is 1. The predicted molar refractivity (Wildman–Crippen MR) is 56.0 cm³/mol. The third-order valence-corrected chi connectivity index (χ3v) is 3.55. The molecule has 2 aliphatic rings. The van der Waals surface area contributed by atoms with Gasteiger partial charge in [0.05, 0.1) is 5.92 Å². The van der Waals surface area contributed by atoms with Crippen LogP contribution < -0.4 is 10.6 Å². The topological polar surface area (TPSA) is 41.1 Å². The number of piperidine rings is 1. The molecule has 0 aromatic carbocycles. The summed E-state index contributed by atoms with van der Waals surface area (Å²) in [5.41, 5.74) is 0.120. The van der Waals surface area contributed by atoms with Gasteiger partial charge < -0.3 is 10.6 Å². The molecule has 3 nitrogen and oxygen atoms in total. The van der Waals surface area contributed by atoms with Crippen LogP contribution in [0, 0.1) is 5.92 Å². The van der Waals surface area contributed by atoms with E-state index in [0.717, 1.165) is 38.8 Å². The second-order valence-corrected chi connectivity index (χ2v) is 4.95. The number of nitrogens with one attached hydrogen (secondary N) is 2. The van der Waals surface area contributed by atoms with Gasteiger partial charge >= 0.3 is 0 Å². The fourth-order valence-electron chi connectivity index (χ4n) is 2.31. The fourth-order valence-corrected chi connectivity index (χ4v) is 2.31. The first kappa shape index (κ1) is 9.97. The van der Waals surface area contributed by atoms with E-state index in [0.29, 0.717) is 0 Å². The molecule has 0 unspecified atom stereocenters. The molecular formula is C11H20N2O. The van der Waals surface area contributed by atoms with E-state index in [-0.39, 0.29) is 17.4 Å². The molecule has 1 amide bonds. The van der Waals surface area contributed by atoms with Crippen molar-refractivity contribution in [2.75, 3.05) is 13.1 Å². The van der Waals surface area contributed by atoms with Crippen LogP contribution in [0.1, 0.15) is 39.0 Å². The Morgan fingerprint density at radius 1 is 1.43 bits per heavy atom. The minimum absolute atomic E-state index is 0.120. The normalized spacial score (nSPS) is 30.5. The zero-order valence-corrected chi connectivity index (χ0v) is 8.94. The lowest BCUT2D eigenvalue weighted by Crippen LogP contribution is -2.54. The van der Waals surface area contributed by atoms with E-state index < -0.39 is 0 Å². The van der Waals surface area contributed by atoms with Crippen molar-refractivity contribution in [3.63, 3.8) is 0 Å². The summed E-state index contributed by atoms with van der Waals surface area (Å²) in [4.78, 5) is 11.9. The summed E-state index contributed by atoms with van der Waals surface area (Å²) in [5, 5.41) is 6.46. The fraction of sp³-hybridized carbons (Fsp3) is 0.909. The van der Waals surface area contributed by atoms with Crippen molar-refractivity contribution in [1.29, 1.82) is 0 Å². The Kier molecular flexibility index (Phi) is 2.77. The number of hydrogen-bond acceptors (Lipinski definition) is 2. The Morgan fingerprint density at radius 3 is 2.71 bits per heavy atom. The Balaban J connectivity index is 1.81. The van der Waals surface area contributed by atoms with Gasteiger partial charge in [-0.2, -0.15) is 0 Å². The first-order chi connectivity index (χ1) is 6.70. The summed E-state index contributed by atoms with van der Waals surface area (Å²) < 4.78 is 0. The molecule has 80 valence electrons. The summed E-state index contributed by atoms with van der Waals surface area (Å²) in [6.45, 7) is 4.09. The van der Waals surface area contributed by atoms with Gasteiger partial charge in [0.1, 0.15) is 0 Å². The monoisotopic (exact) mass is 196 g/mol.